The molecule has 0 saturated carbocycles. The van der Waals surface area contributed by atoms with Crippen molar-refractivity contribution in [1.29, 1.82) is 0 Å². The van der Waals surface area contributed by atoms with Crippen molar-refractivity contribution in [3.05, 3.63) is 35.9 Å². The molecule has 4 heteroatoms. The molecule has 1 rings (SSSR count). The van der Waals surface area contributed by atoms with E-state index in [-0.39, 0.29) is 5.54 Å². The van der Waals surface area contributed by atoms with E-state index < -0.39 is 6.69 Å². The van der Waals surface area contributed by atoms with Gasteiger partial charge < -0.3 is 0 Å². The third-order valence-corrected chi connectivity index (χ3v) is 6.55. The zero-order chi connectivity index (χ0) is 10.6. The van der Waals surface area contributed by atoms with E-state index in [0.717, 1.165) is 6.42 Å². The number of hydrogen-bond donors (Lipinski definition) is 0. The van der Waals surface area contributed by atoms with Gasteiger partial charge in [0.1, 0.15) is 0 Å². The molecule has 1 atom stereocenters. The Balaban J connectivity index is 2.67. The summed E-state index contributed by atoms with van der Waals surface area (Å²) in [5.41, 5.74) is 1.47. The third kappa shape index (κ3) is 3.82. The first kappa shape index (κ1) is 12.4. The van der Waals surface area contributed by atoms with Gasteiger partial charge in [0.05, 0.1) is 0 Å². The number of halogens is 3. The maximum atomic E-state index is 6.17. The number of hydrogen-bond acceptors (Lipinski definition) is 0. The molecular formula is C10H13Cl3Si. The van der Waals surface area contributed by atoms with E-state index in [1.807, 2.05) is 24.7 Å². The van der Waals surface area contributed by atoms with Gasteiger partial charge in [-0.05, 0) is 24.1 Å². The lowest BCUT2D eigenvalue weighted by atomic mass is 10.1. The van der Waals surface area contributed by atoms with Crippen molar-refractivity contribution in [2.45, 2.75) is 18.5 Å². The van der Waals surface area contributed by atoms with Crippen molar-refractivity contribution in [3.8, 4) is 0 Å². The molecule has 0 N–H and O–H groups in total. The van der Waals surface area contributed by atoms with E-state index in [1.54, 1.807) is 0 Å². The molecule has 0 aromatic heterocycles. The molecule has 1 aromatic carbocycles. The van der Waals surface area contributed by atoms with Gasteiger partial charge in [-0.3, -0.25) is 0 Å². The van der Waals surface area contributed by atoms with Crippen molar-refractivity contribution >= 4 is 40.5 Å². The smallest absolute Gasteiger partial charge is 0.146 e. The lowest BCUT2D eigenvalue weighted by Crippen LogP contribution is -2.25. The quantitative estimate of drug-likeness (QED) is 0.431. The molecule has 0 amide bonds. The van der Waals surface area contributed by atoms with Gasteiger partial charge in [-0.25, -0.2) is 0 Å². The molecule has 78 valence electrons. The fourth-order valence-corrected chi connectivity index (χ4v) is 4.57. The van der Waals surface area contributed by atoms with E-state index in [0.29, 0.717) is 5.88 Å². The van der Waals surface area contributed by atoms with Crippen molar-refractivity contribution < 1.29 is 0 Å². The molecule has 0 fully saturated rings. The van der Waals surface area contributed by atoms with Gasteiger partial charge in [-0.1, -0.05) is 30.3 Å². The Morgan fingerprint density at radius 2 is 1.79 bits per heavy atom. The summed E-state index contributed by atoms with van der Waals surface area (Å²) in [6.45, 7) is -0.234. The Kier molecular flexibility index (Phi) is 4.78. The highest BCUT2D eigenvalue weighted by molar-refractivity contribution is 7.45. The van der Waals surface area contributed by atoms with Crippen LogP contribution in [0, 0.1) is 0 Å². The first-order valence-corrected chi connectivity index (χ1v) is 9.65. The Morgan fingerprint density at radius 3 is 2.21 bits per heavy atom. The van der Waals surface area contributed by atoms with Crippen molar-refractivity contribution in [3.63, 3.8) is 0 Å². The van der Waals surface area contributed by atoms with E-state index >= 15 is 0 Å². The minimum absolute atomic E-state index is 0.217. The van der Waals surface area contributed by atoms with Crippen LogP contribution in [0.4, 0.5) is 0 Å². The van der Waals surface area contributed by atoms with Crippen LogP contribution in [-0.4, -0.2) is 12.6 Å². The number of alkyl halides is 1. The summed E-state index contributed by atoms with van der Waals surface area (Å²) in [5.74, 6) is 0.532. The maximum Gasteiger partial charge on any atom is 0.252 e. The third-order valence-electron chi connectivity index (χ3n) is 2.23. The highest BCUT2D eigenvalue weighted by Gasteiger charge is 2.32. The Labute approximate surface area is 101 Å². The predicted molar refractivity (Wildman–Crippen MR) is 67.9 cm³/mol. The molecule has 0 saturated heterocycles. The highest BCUT2D eigenvalue weighted by Crippen LogP contribution is 2.33. The monoisotopic (exact) mass is 266 g/mol. The van der Waals surface area contributed by atoms with E-state index in [9.17, 15) is 0 Å². The van der Waals surface area contributed by atoms with Crippen LogP contribution < -0.4 is 0 Å². The Bertz CT molecular complexity index is 268. The molecule has 1 aromatic rings. The molecule has 1 unspecified atom stereocenters. The molecule has 0 aliphatic rings. The zero-order valence-electron chi connectivity index (χ0n) is 8.01. The summed E-state index contributed by atoms with van der Waals surface area (Å²) in [4.78, 5) is 0. The highest BCUT2D eigenvalue weighted by atomic mass is 35.7. The van der Waals surface area contributed by atoms with Gasteiger partial charge >= 0.3 is 0 Å². The van der Waals surface area contributed by atoms with Crippen LogP contribution in [0.1, 0.15) is 5.56 Å². The summed E-state index contributed by atoms with van der Waals surface area (Å²) < 4.78 is 0. The predicted octanol–water partition coefficient (Wildman–Crippen LogP) is 4.39. The largest absolute Gasteiger partial charge is 0.252 e. The van der Waals surface area contributed by atoms with Crippen molar-refractivity contribution in [2.24, 2.45) is 0 Å². The fourth-order valence-electron chi connectivity index (χ4n) is 1.27. The molecule has 14 heavy (non-hydrogen) atoms. The fraction of sp³-hybridized carbons (Fsp3) is 0.400. The van der Waals surface area contributed by atoms with Crippen LogP contribution in [0.25, 0.3) is 0 Å². The van der Waals surface area contributed by atoms with Crippen LogP contribution >= 0.6 is 33.8 Å². The topological polar surface area (TPSA) is 0 Å². The minimum Gasteiger partial charge on any atom is -0.146 e. The summed E-state index contributed by atoms with van der Waals surface area (Å²) in [5, 5.41) is 0. The molecular weight excluding hydrogens is 255 g/mol. The average molecular weight is 268 g/mol. The molecule has 0 bridgehead atoms. The maximum absolute atomic E-state index is 6.17. The van der Waals surface area contributed by atoms with E-state index in [2.05, 4.69) is 12.1 Å². The molecule has 0 spiro atoms. The SMILES string of the molecule is C[Si](Cl)(Cl)C(CCl)Cc1ccccc1. The van der Waals surface area contributed by atoms with E-state index in [1.165, 1.54) is 5.56 Å². The van der Waals surface area contributed by atoms with Crippen LogP contribution in [0.15, 0.2) is 30.3 Å². The van der Waals surface area contributed by atoms with Gasteiger partial charge in [0.15, 0.2) is 0 Å². The van der Waals surface area contributed by atoms with Crippen LogP contribution in [-0.2, 0) is 6.42 Å². The summed E-state index contributed by atoms with van der Waals surface area (Å²) in [6, 6.07) is 10.2. The summed E-state index contributed by atoms with van der Waals surface area (Å²) in [6.07, 6.45) is 0.875. The second-order valence-electron chi connectivity index (χ2n) is 3.50. The number of benzene rings is 1. The molecule has 0 aliphatic heterocycles. The molecule has 0 radical (unpaired) electrons. The van der Waals surface area contributed by atoms with Crippen LogP contribution in [0.3, 0.4) is 0 Å². The van der Waals surface area contributed by atoms with E-state index in [4.69, 9.17) is 33.8 Å². The van der Waals surface area contributed by atoms with Gasteiger partial charge in [0.2, 0.25) is 0 Å². The first-order valence-electron chi connectivity index (χ1n) is 4.51. The molecule has 0 aliphatic carbocycles. The number of rotatable bonds is 4. The van der Waals surface area contributed by atoms with Gasteiger partial charge in [-0.15, -0.1) is 33.8 Å². The van der Waals surface area contributed by atoms with Gasteiger partial charge in [-0.2, -0.15) is 0 Å². The minimum atomic E-state index is -2.16. The summed E-state index contributed by atoms with van der Waals surface area (Å²) in [7, 11) is 0. The van der Waals surface area contributed by atoms with Gasteiger partial charge in [0.25, 0.3) is 6.69 Å². The molecule has 0 nitrogen and oxygen atoms in total. The zero-order valence-corrected chi connectivity index (χ0v) is 11.3. The standard InChI is InChI=1S/C10H13Cl3Si/c1-14(12,13)10(8-11)7-9-5-3-2-4-6-9/h2-6,10H,7-8H2,1H3. The molecule has 0 heterocycles. The lowest BCUT2D eigenvalue weighted by molar-refractivity contribution is 0.903. The van der Waals surface area contributed by atoms with Gasteiger partial charge in [0, 0.05) is 5.88 Å². The van der Waals surface area contributed by atoms with Crippen molar-refractivity contribution in [2.75, 3.05) is 5.88 Å². The Hall–Kier alpha value is 0.307. The lowest BCUT2D eigenvalue weighted by Gasteiger charge is -2.21. The Morgan fingerprint density at radius 1 is 1.21 bits per heavy atom. The average Bonchev–Trinajstić information content (AvgIpc) is 2.14. The van der Waals surface area contributed by atoms with Crippen LogP contribution in [0.5, 0.6) is 0 Å². The summed E-state index contributed by atoms with van der Waals surface area (Å²) >= 11 is 18.2. The first-order chi connectivity index (χ1) is 6.54. The second kappa shape index (κ2) is 5.41. The normalized spacial score (nSPS) is 14.0. The van der Waals surface area contributed by atoms with Crippen molar-refractivity contribution in [1.82, 2.24) is 0 Å². The second-order valence-corrected chi connectivity index (χ2v) is 11.8. The van der Waals surface area contributed by atoms with Crippen LogP contribution in [0.2, 0.25) is 12.1 Å².